The molecule has 1 aliphatic rings. The van der Waals surface area contributed by atoms with Gasteiger partial charge in [0.1, 0.15) is 12.6 Å². The minimum absolute atomic E-state index is 0.0618. The predicted molar refractivity (Wildman–Crippen MR) is 67.7 cm³/mol. The van der Waals surface area contributed by atoms with Crippen LogP contribution >= 0.6 is 0 Å². The van der Waals surface area contributed by atoms with Crippen molar-refractivity contribution in [2.24, 2.45) is 0 Å². The number of esters is 1. The number of carbonyl (C=O) groups is 3. The maximum absolute atomic E-state index is 11.8. The molecule has 1 unspecified atom stereocenters. The molecule has 1 aromatic rings. The second-order valence-electron chi connectivity index (χ2n) is 4.18. The number of carbonyl (C=O) groups excluding carboxylic acids is 3. The summed E-state index contributed by atoms with van der Waals surface area (Å²) >= 11 is 0. The van der Waals surface area contributed by atoms with E-state index >= 15 is 0 Å². The van der Waals surface area contributed by atoms with Gasteiger partial charge in [0.2, 0.25) is 0 Å². The Balaban J connectivity index is 1.90. The molecule has 0 bridgehead atoms. The first-order valence-corrected chi connectivity index (χ1v) is 5.98. The van der Waals surface area contributed by atoms with Gasteiger partial charge < -0.3 is 14.8 Å². The van der Waals surface area contributed by atoms with Crippen LogP contribution in [0.3, 0.4) is 0 Å². The van der Waals surface area contributed by atoms with Crippen molar-refractivity contribution >= 4 is 18.1 Å². The Hall–Kier alpha value is -2.57. The van der Waals surface area contributed by atoms with Gasteiger partial charge in [-0.3, -0.25) is 0 Å². The lowest BCUT2D eigenvalue weighted by Gasteiger charge is -2.12. The summed E-state index contributed by atoms with van der Waals surface area (Å²) in [6, 6.07) is 7.57. The fourth-order valence-electron chi connectivity index (χ4n) is 1.77. The Kier molecular flexibility index (Phi) is 4.19. The molecular formula is C13H14N2O5. The van der Waals surface area contributed by atoms with Crippen LogP contribution in [0.4, 0.5) is 9.59 Å². The lowest BCUT2D eigenvalue weighted by Crippen LogP contribution is -2.35. The molecule has 1 aromatic carbocycles. The minimum Gasteiger partial charge on any atom is -0.467 e. The van der Waals surface area contributed by atoms with Crippen molar-refractivity contribution in [3.05, 3.63) is 35.9 Å². The smallest absolute Gasteiger partial charge is 0.418 e. The first-order chi connectivity index (χ1) is 9.61. The number of rotatable bonds is 3. The Morgan fingerprint density at radius 2 is 2.05 bits per heavy atom. The molecule has 1 saturated heterocycles. The number of amides is 3. The van der Waals surface area contributed by atoms with Gasteiger partial charge in [-0.1, -0.05) is 30.3 Å². The Labute approximate surface area is 115 Å². The number of methoxy groups -OCH3 is 1. The van der Waals surface area contributed by atoms with Crippen LogP contribution in [-0.2, 0) is 20.9 Å². The second-order valence-corrected chi connectivity index (χ2v) is 4.18. The van der Waals surface area contributed by atoms with Crippen LogP contribution in [0.15, 0.2) is 30.3 Å². The fraction of sp³-hybridized carbons (Fsp3) is 0.308. The summed E-state index contributed by atoms with van der Waals surface area (Å²) in [7, 11) is 1.21. The average Bonchev–Trinajstić information content (AvgIpc) is 2.87. The molecule has 1 fully saturated rings. The first-order valence-electron chi connectivity index (χ1n) is 5.98. The molecule has 20 heavy (non-hydrogen) atoms. The van der Waals surface area contributed by atoms with E-state index in [0.29, 0.717) is 0 Å². The zero-order chi connectivity index (χ0) is 14.5. The highest BCUT2D eigenvalue weighted by Crippen LogP contribution is 2.09. The zero-order valence-electron chi connectivity index (χ0n) is 10.9. The van der Waals surface area contributed by atoms with E-state index in [0.717, 1.165) is 10.5 Å². The van der Waals surface area contributed by atoms with E-state index in [-0.39, 0.29) is 13.2 Å². The number of hydrogen-bond donors (Lipinski definition) is 1. The SMILES string of the molecule is COC(=O)C1CN(C(=O)OCc2ccccc2)C(=O)N1. The molecule has 0 aromatic heterocycles. The lowest BCUT2D eigenvalue weighted by molar-refractivity contribution is -0.142. The lowest BCUT2D eigenvalue weighted by atomic mass is 10.2. The van der Waals surface area contributed by atoms with Crippen LogP contribution in [0.1, 0.15) is 5.56 Å². The van der Waals surface area contributed by atoms with Crippen molar-refractivity contribution in [2.45, 2.75) is 12.6 Å². The predicted octanol–water partition coefficient (Wildman–Crippen LogP) is 0.890. The van der Waals surface area contributed by atoms with Crippen LogP contribution < -0.4 is 5.32 Å². The number of benzene rings is 1. The van der Waals surface area contributed by atoms with Gasteiger partial charge in [-0.2, -0.15) is 0 Å². The minimum atomic E-state index is -0.850. The molecule has 1 heterocycles. The van der Waals surface area contributed by atoms with Gasteiger partial charge in [-0.25, -0.2) is 19.3 Å². The number of urea groups is 1. The number of nitrogens with zero attached hydrogens (tertiary/aromatic N) is 1. The Bertz CT molecular complexity index is 517. The summed E-state index contributed by atoms with van der Waals surface area (Å²) < 4.78 is 9.53. The zero-order valence-corrected chi connectivity index (χ0v) is 10.9. The van der Waals surface area contributed by atoms with Crippen LogP contribution in [0.25, 0.3) is 0 Å². The summed E-state index contributed by atoms with van der Waals surface area (Å²) in [4.78, 5) is 35.5. The molecule has 1 atom stereocenters. The summed E-state index contributed by atoms with van der Waals surface area (Å²) in [6.45, 7) is -0.0362. The number of imide groups is 1. The molecule has 1 aliphatic heterocycles. The van der Waals surface area contributed by atoms with Gasteiger partial charge in [0.05, 0.1) is 13.7 Å². The summed E-state index contributed by atoms with van der Waals surface area (Å²) in [5.74, 6) is -0.600. The van der Waals surface area contributed by atoms with Crippen molar-refractivity contribution in [1.82, 2.24) is 10.2 Å². The van der Waals surface area contributed by atoms with E-state index < -0.39 is 24.1 Å². The third kappa shape index (κ3) is 3.05. The molecule has 106 valence electrons. The molecule has 0 spiro atoms. The van der Waals surface area contributed by atoms with Crippen molar-refractivity contribution in [3.8, 4) is 0 Å². The molecule has 0 saturated carbocycles. The van der Waals surface area contributed by atoms with Crippen molar-refractivity contribution in [2.75, 3.05) is 13.7 Å². The first kappa shape index (κ1) is 13.9. The number of ether oxygens (including phenoxy) is 2. The van der Waals surface area contributed by atoms with Crippen LogP contribution in [-0.4, -0.2) is 42.7 Å². The second kappa shape index (κ2) is 6.05. The monoisotopic (exact) mass is 278 g/mol. The van der Waals surface area contributed by atoms with Gasteiger partial charge in [0, 0.05) is 0 Å². The van der Waals surface area contributed by atoms with Crippen molar-refractivity contribution < 1.29 is 23.9 Å². The standard InChI is InChI=1S/C13H14N2O5/c1-19-11(16)10-7-15(12(17)14-10)13(18)20-8-9-5-3-2-4-6-9/h2-6,10H,7-8H2,1H3,(H,14,17). The molecule has 0 radical (unpaired) electrons. The highest BCUT2D eigenvalue weighted by molar-refractivity contribution is 5.96. The molecule has 7 nitrogen and oxygen atoms in total. The van der Waals surface area contributed by atoms with Crippen LogP contribution in [0.5, 0.6) is 0 Å². The van der Waals surface area contributed by atoms with Crippen LogP contribution in [0, 0.1) is 0 Å². The van der Waals surface area contributed by atoms with E-state index in [1.54, 1.807) is 12.1 Å². The number of nitrogens with one attached hydrogen (secondary N) is 1. The van der Waals surface area contributed by atoms with E-state index in [1.807, 2.05) is 18.2 Å². The van der Waals surface area contributed by atoms with Crippen molar-refractivity contribution in [1.29, 1.82) is 0 Å². The maximum Gasteiger partial charge on any atom is 0.418 e. The molecule has 0 aliphatic carbocycles. The van der Waals surface area contributed by atoms with Gasteiger partial charge >= 0.3 is 18.1 Å². The maximum atomic E-state index is 11.8. The summed E-state index contributed by atoms with van der Waals surface area (Å²) in [6.07, 6.45) is -0.794. The largest absolute Gasteiger partial charge is 0.467 e. The van der Waals surface area contributed by atoms with E-state index in [1.165, 1.54) is 7.11 Å². The highest BCUT2D eigenvalue weighted by atomic mass is 16.6. The summed E-state index contributed by atoms with van der Waals surface area (Å²) in [5, 5.41) is 2.35. The fourth-order valence-corrected chi connectivity index (χ4v) is 1.77. The Morgan fingerprint density at radius 3 is 2.70 bits per heavy atom. The third-order valence-electron chi connectivity index (χ3n) is 2.82. The molecule has 1 N–H and O–H groups in total. The van der Waals surface area contributed by atoms with Gasteiger partial charge in [0.15, 0.2) is 0 Å². The van der Waals surface area contributed by atoms with Gasteiger partial charge in [-0.15, -0.1) is 0 Å². The normalized spacial score (nSPS) is 17.6. The molecule has 7 heteroatoms. The topological polar surface area (TPSA) is 84.9 Å². The van der Waals surface area contributed by atoms with Crippen molar-refractivity contribution in [3.63, 3.8) is 0 Å². The molecule has 3 amide bonds. The number of hydrogen-bond acceptors (Lipinski definition) is 5. The Morgan fingerprint density at radius 1 is 1.35 bits per heavy atom. The van der Waals surface area contributed by atoms with Gasteiger partial charge in [-0.05, 0) is 5.56 Å². The van der Waals surface area contributed by atoms with E-state index in [2.05, 4.69) is 10.1 Å². The quantitative estimate of drug-likeness (QED) is 0.830. The van der Waals surface area contributed by atoms with Gasteiger partial charge in [0.25, 0.3) is 0 Å². The summed E-state index contributed by atoms with van der Waals surface area (Å²) in [5.41, 5.74) is 0.810. The third-order valence-corrected chi connectivity index (χ3v) is 2.82. The molecule has 2 rings (SSSR count). The van der Waals surface area contributed by atoms with Crippen LogP contribution in [0.2, 0.25) is 0 Å². The molecular weight excluding hydrogens is 264 g/mol. The average molecular weight is 278 g/mol. The van der Waals surface area contributed by atoms with E-state index in [9.17, 15) is 14.4 Å². The van der Waals surface area contributed by atoms with E-state index in [4.69, 9.17) is 4.74 Å². The highest BCUT2D eigenvalue weighted by Gasteiger charge is 2.38.